The molecule has 1 heterocycles. The van der Waals surface area contributed by atoms with Gasteiger partial charge in [-0.1, -0.05) is 32.0 Å². The number of nitriles is 1. The molecule has 0 spiro atoms. The van der Waals surface area contributed by atoms with Crippen molar-refractivity contribution in [3.8, 4) is 6.07 Å². The van der Waals surface area contributed by atoms with Gasteiger partial charge in [0.2, 0.25) is 0 Å². The monoisotopic (exact) mass is 201 g/mol. The largest absolute Gasteiger partial charge is 0.375 e. The second-order valence-corrected chi connectivity index (χ2v) is 4.31. The third kappa shape index (κ3) is 1.88. The van der Waals surface area contributed by atoms with Crippen molar-refractivity contribution in [2.45, 2.75) is 32.3 Å². The van der Waals surface area contributed by atoms with E-state index in [1.807, 2.05) is 0 Å². The smallest absolute Gasteiger partial charge is 0.0950 e. The highest BCUT2D eigenvalue weighted by Gasteiger charge is 2.20. The van der Waals surface area contributed by atoms with Gasteiger partial charge >= 0.3 is 0 Å². The van der Waals surface area contributed by atoms with Gasteiger partial charge < -0.3 is 4.74 Å². The maximum Gasteiger partial charge on any atom is 0.0950 e. The van der Waals surface area contributed by atoms with Gasteiger partial charge in [-0.25, -0.2) is 0 Å². The first-order valence-electron chi connectivity index (χ1n) is 5.32. The molecule has 0 N–H and O–H groups in total. The molecule has 0 radical (unpaired) electrons. The first-order chi connectivity index (χ1) is 7.22. The van der Waals surface area contributed by atoms with Crippen molar-refractivity contribution in [3.05, 3.63) is 34.9 Å². The lowest BCUT2D eigenvalue weighted by Crippen LogP contribution is -2.15. The first-order valence-corrected chi connectivity index (χ1v) is 5.32. The van der Waals surface area contributed by atoms with E-state index in [9.17, 15) is 0 Å². The zero-order valence-electron chi connectivity index (χ0n) is 9.16. The molecule has 78 valence electrons. The maximum atomic E-state index is 9.04. The van der Waals surface area contributed by atoms with Crippen LogP contribution in [0.4, 0.5) is 0 Å². The molecule has 1 atom stereocenters. The lowest BCUT2D eigenvalue weighted by Gasteiger charge is -2.22. The molecule has 1 aromatic rings. The van der Waals surface area contributed by atoms with Gasteiger partial charge in [0.05, 0.1) is 25.2 Å². The summed E-state index contributed by atoms with van der Waals surface area (Å²) >= 11 is 0. The van der Waals surface area contributed by atoms with Crippen LogP contribution in [0.25, 0.3) is 0 Å². The van der Waals surface area contributed by atoms with Crippen LogP contribution in [-0.2, 0) is 11.3 Å². The van der Waals surface area contributed by atoms with Crippen LogP contribution in [0.2, 0.25) is 0 Å². The van der Waals surface area contributed by atoms with E-state index in [1.165, 1.54) is 5.56 Å². The Morgan fingerprint density at radius 3 is 2.93 bits per heavy atom. The van der Waals surface area contributed by atoms with Crippen LogP contribution >= 0.6 is 0 Å². The van der Waals surface area contributed by atoms with Crippen LogP contribution in [0, 0.1) is 11.3 Å². The van der Waals surface area contributed by atoms with Gasteiger partial charge in [0.1, 0.15) is 0 Å². The maximum absolute atomic E-state index is 9.04. The molecule has 2 heteroatoms. The van der Waals surface area contributed by atoms with E-state index < -0.39 is 0 Å². The van der Waals surface area contributed by atoms with Crippen molar-refractivity contribution < 1.29 is 4.74 Å². The van der Waals surface area contributed by atoms with Gasteiger partial charge in [-0.15, -0.1) is 0 Å². The molecule has 1 aromatic carbocycles. The molecule has 0 saturated carbocycles. The Kier molecular flexibility index (Phi) is 2.75. The fourth-order valence-electron chi connectivity index (χ4n) is 1.91. The van der Waals surface area contributed by atoms with Crippen molar-refractivity contribution in [1.82, 2.24) is 0 Å². The van der Waals surface area contributed by atoms with Crippen molar-refractivity contribution >= 4 is 0 Å². The minimum atomic E-state index is -0.0903. The normalized spacial score (nSPS) is 19.7. The fourth-order valence-corrected chi connectivity index (χ4v) is 1.91. The van der Waals surface area contributed by atoms with E-state index in [0.29, 0.717) is 19.1 Å². The van der Waals surface area contributed by atoms with Crippen LogP contribution in [-0.4, -0.2) is 6.61 Å². The van der Waals surface area contributed by atoms with E-state index >= 15 is 0 Å². The van der Waals surface area contributed by atoms with E-state index in [1.54, 1.807) is 0 Å². The number of hydrogen-bond donors (Lipinski definition) is 0. The Morgan fingerprint density at radius 1 is 1.47 bits per heavy atom. The van der Waals surface area contributed by atoms with Crippen LogP contribution in [0.5, 0.6) is 0 Å². The summed E-state index contributed by atoms with van der Waals surface area (Å²) in [6.07, 6.45) is 0. The quantitative estimate of drug-likeness (QED) is 0.699. The van der Waals surface area contributed by atoms with Gasteiger partial charge in [-0.3, -0.25) is 0 Å². The predicted octanol–water partition coefficient (Wildman–Crippen LogP) is 2.95. The highest BCUT2D eigenvalue weighted by atomic mass is 16.5. The molecule has 0 amide bonds. The van der Waals surface area contributed by atoms with Gasteiger partial charge in [0.25, 0.3) is 0 Å². The number of nitrogens with zero attached hydrogens (tertiary/aromatic N) is 1. The number of rotatable bonds is 1. The first kappa shape index (κ1) is 10.2. The summed E-state index contributed by atoms with van der Waals surface area (Å²) in [7, 11) is 0. The number of fused-ring (bicyclic) bond motifs is 1. The molecule has 2 nitrogen and oxygen atoms in total. The number of benzene rings is 1. The van der Waals surface area contributed by atoms with E-state index in [0.717, 1.165) is 11.1 Å². The average Bonchev–Trinajstić information content (AvgIpc) is 2.27. The number of hydrogen-bond acceptors (Lipinski definition) is 2. The minimum Gasteiger partial charge on any atom is -0.375 e. The van der Waals surface area contributed by atoms with Gasteiger partial charge in [-0.05, 0) is 22.6 Å². The minimum absolute atomic E-state index is 0.0903. The third-order valence-corrected chi connectivity index (χ3v) is 2.91. The SMILES string of the molecule is CC(C)c1ccc2c(c1)C(C#N)COC2. The summed E-state index contributed by atoms with van der Waals surface area (Å²) in [6.45, 7) is 5.52. The summed E-state index contributed by atoms with van der Waals surface area (Å²) in [4.78, 5) is 0. The molecular weight excluding hydrogens is 186 g/mol. The van der Waals surface area contributed by atoms with E-state index in [2.05, 4.69) is 38.1 Å². The highest BCUT2D eigenvalue weighted by molar-refractivity contribution is 5.39. The van der Waals surface area contributed by atoms with Gasteiger partial charge in [0, 0.05) is 0 Å². The summed E-state index contributed by atoms with van der Waals surface area (Å²) in [6, 6.07) is 8.69. The van der Waals surface area contributed by atoms with Crippen molar-refractivity contribution in [3.63, 3.8) is 0 Å². The second-order valence-electron chi connectivity index (χ2n) is 4.31. The Balaban J connectivity index is 2.44. The van der Waals surface area contributed by atoms with Crippen molar-refractivity contribution in [2.75, 3.05) is 6.61 Å². The molecule has 1 unspecified atom stereocenters. The third-order valence-electron chi connectivity index (χ3n) is 2.91. The van der Waals surface area contributed by atoms with E-state index in [-0.39, 0.29) is 5.92 Å². The lowest BCUT2D eigenvalue weighted by molar-refractivity contribution is 0.102. The van der Waals surface area contributed by atoms with Crippen LogP contribution < -0.4 is 0 Å². The molecule has 0 aromatic heterocycles. The molecule has 0 aliphatic carbocycles. The Bertz CT molecular complexity index is 403. The topological polar surface area (TPSA) is 33.0 Å². The Hall–Kier alpha value is -1.33. The van der Waals surface area contributed by atoms with Crippen LogP contribution in [0.1, 0.15) is 42.4 Å². The lowest BCUT2D eigenvalue weighted by atomic mass is 9.90. The Labute approximate surface area is 90.5 Å². The molecule has 15 heavy (non-hydrogen) atoms. The summed E-state index contributed by atoms with van der Waals surface area (Å²) in [5, 5.41) is 9.04. The van der Waals surface area contributed by atoms with Crippen molar-refractivity contribution in [2.24, 2.45) is 0 Å². The molecule has 0 saturated heterocycles. The summed E-state index contributed by atoms with van der Waals surface area (Å²) in [5.74, 6) is 0.421. The summed E-state index contributed by atoms with van der Waals surface area (Å²) < 4.78 is 5.38. The molecule has 0 fully saturated rings. The van der Waals surface area contributed by atoms with Crippen LogP contribution in [0.3, 0.4) is 0 Å². The average molecular weight is 201 g/mol. The van der Waals surface area contributed by atoms with E-state index in [4.69, 9.17) is 10.00 Å². The zero-order chi connectivity index (χ0) is 10.8. The van der Waals surface area contributed by atoms with Crippen molar-refractivity contribution in [1.29, 1.82) is 5.26 Å². The summed E-state index contributed by atoms with van der Waals surface area (Å²) in [5.41, 5.74) is 3.63. The molecular formula is C13H15NO. The molecule has 1 aliphatic heterocycles. The van der Waals surface area contributed by atoms with Gasteiger partial charge in [-0.2, -0.15) is 5.26 Å². The highest BCUT2D eigenvalue weighted by Crippen LogP contribution is 2.29. The second kappa shape index (κ2) is 4.04. The van der Waals surface area contributed by atoms with Crippen LogP contribution in [0.15, 0.2) is 18.2 Å². The zero-order valence-corrected chi connectivity index (χ0v) is 9.16. The standard InChI is InChI=1S/C13H15NO/c1-9(2)10-3-4-11-7-15-8-12(6-14)13(11)5-10/h3-5,9,12H,7-8H2,1-2H3. The predicted molar refractivity (Wildman–Crippen MR) is 58.5 cm³/mol. The Morgan fingerprint density at radius 2 is 2.27 bits per heavy atom. The molecule has 0 bridgehead atoms. The number of ether oxygens (including phenoxy) is 1. The molecule has 2 rings (SSSR count). The van der Waals surface area contributed by atoms with Gasteiger partial charge in [0.15, 0.2) is 0 Å². The molecule has 1 aliphatic rings. The fraction of sp³-hybridized carbons (Fsp3) is 0.462.